The van der Waals surface area contributed by atoms with Gasteiger partial charge in [-0.15, -0.1) is 0 Å². The first-order chi connectivity index (χ1) is 29.4. The molecule has 0 aliphatic carbocycles. The molecular formula is C48H60N6O8. The summed E-state index contributed by atoms with van der Waals surface area (Å²) in [5.74, 6) is -2.21. The smallest absolute Gasteiger partial charge is 0.408 e. The molecule has 4 aromatic carbocycles. The van der Waals surface area contributed by atoms with Crippen LogP contribution in [0.2, 0.25) is 0 Å². The van der Waals surface area contributed by atoms with Gasteiger partial charge in [0.2, 0.25) is 23.6 Å². The second kappa shape index (κ2) is 23.3. The quantitative estimate of drug-likeness (QED) is 0.0715. The lowest BCUT2D eigenvalue weighted by atomic mass is 10.0. The summed E-state index contributed by atoms with van der Waals surface area (Å²) in [5, 5.41) is 16.6. The van der Waals surface area contributed by atoms with Gasteiger partial charge in [-0.2, -0.15) is 0 Å². The highest BCUT2D eigenvalue weighted by atomic mass is 16.6. The van der Waals surface area contributed by atoms with E-state index >= 15 is 0 Å². The highest BCUT2D eigenvalue weighted by Crippen LogP contribution is 2.12. The van der Waals surface area contributed by atoms with Crippen molar-refractivity contribution in [1.29, 1.82) is 0 Å². The fraction of sp³-hybridized carbons (Fsp3) is 0.375. The van der Waals surface area contributed by atoms with Crippen molar-refractivity contribution in [3.63, 3.8) is 0 Å². The van der Waals surface area contributed by atoms with E-state index in [0.29, 0.717) is 0 Å². The summed E-state index contributed by atoms with van der Waals surface area (Å²) >= 11 is 0. The number of carbonyl (C=O) groups excluding carboxylic acids is 6. The predicted molar refractivity (Wildman–Crippen MR) is 237 cm³/mol. The van der Waals surface area contributed by atoms with Crippen LogP contribution in [0, 0.1) is 0 Å². The van der Waals surface area contributed by atoms with Gasteiger partial charge < -0.3 is 41.4 Å². The Bertz CT molecular complexity index is 1910. The van der Waals surface area contributed by atoms with E-state index in [1.54, 1.807) is 41.5 Å². The molecule has 4 rings (SSSR count). The van der Waals surface area contributed by atoms with Crippen LogP contribution >= 0.6 is 0 Å². The van der Waals surface area contributed by atoms with E-state index in [4.69, 9.17) is 9.47 Å². The molecule has 0 radical (unpaired) electrons. The largest absolute Gasteiger partial charge is 0.444 e. The van der Waals surface area contributed by atoms with Crippen molar-refractivity contribution in [1.82, 2.24) is 31.9 Å². The molecule has 0 aliphatic heterocycles. The van der Waals surface area contributed by atoms with E-state index in [1.807, 2.05) is 121 Å². The number of hydrogen-bond donors (Lipinski definition) is 6. The molecule has 0 aromatic heterocycles. The summed E-state index contributed by atoms with van der Waals surface area (Å²) in [6.45, 7) is 10.3. The van der Waals surface area contributed by atoms with E-state index < -0.39 is 71.2 Å². The molecule has 0 spiro atoms. The predicted octanol–water partition coefficient (Wildman–Crippen LogP) is 4.95. The van der Waals surface area contributed by atoms with Crippen molar-refractivity contribution in [3.05, 3.63) is 144 Å². The number of rotatable bonds is 19. The van der Waals surface area contributed by atoms with Crippen molar-refractivity contribution < 1.29 is 38.2 Å². The lowest BCUT2D eigenvalue weighted by Crippen LogP contribution is -2.57. The average molecular weight is 849 g/mol. The lowest BCUT2D eigenvalue weighted by molar-refractivity contribution is -0.130. The maximum atomic E-state index is 13.9. The third-order valence-corrected chi connectivity index (χ3v) is 9.13. The van der Waals surface area contributed by atoms with Gasteiger partial charge in [-0.1, -0.05) is 121 Å². The van der Waals surface area contributed by atoms with Crippen LogP contribution in [0.15, 0.2) is 121 Å². The number of carbonyl (C=O) groups is 6. The van der Waals surface area contributed by atoms with Gasteiger partial charge in [-0.05, 0) is 63.8 Å². The molecular weight excluding hydrogens is 789 g/mol. The number of alkyl carbamates (subject to hydrolysis) is 2. The van der Waals surface area contributed by atoms with E-state index in [1.165, 1.54) is 0 Å². The molecule has 6 amide bonds. The summed E-state index contributed by atoms with van der Waals surface area (Å²) < 4.78 is 10.9. The van der Waals surface area contributed by atoms with Gasteiger partial charge in [0, 0.05) is 38.8 Å². The van der Waals surface area contributed by atoms with Gasteiger partial charge in [0.15, 0.2) is 0 Å². The molecule has 0 fully saturated rings. The highest BCUT2D eigenvalue weighted by molar-refractivity contribution is 5.93. The Morgan fingerprint density at radius 3 is 0.871 bits per heavy atom. The lowest BCUT2D eigenvalue weighted by Gasteiger charge is -2.26. The Hall–Kier alpha value is -6.70. The van der Waals surface area contributed by atoms with Crippen LogP contribution < -0.4 is 31.9 Å². The number of ether oxygens (including phenoxy) is 2. The Kier molecular flexibility index (Phi) is 18.1. The molecule has 4 atom stereocenters. The first-order valence-electron chi connectivity index (χ1n) is 20.7. The van der Waals surface area contributed by atoms with Gasteiger partial charge in [0.25, 0.3) is 0 Å². The number of benzene rings is 4. The third kappa shape index (κ3) is 17.9. The maximum Gasteiger partial charge on any atom is 0.408 e. The molecule has 0 saturated carbocycles. The first kappa shape index (κ1) is 48.0. The normalized spacial score (nSPS) is 13.2. The fourth-order valence-corrected chi connectivity index (χ4v) is 6.30. The molecule has 0 saturated heterocycles. The summed E-state index contributed by atoms with van der Waals surface area (Å²) in [6, 6.07) is 32.4. The molecule has 62 heavy (non-hydrogen) atoms. The number of nitrogens with one attached hydrogen (secondary N) is 6. The van der Waals surface area contributed by atoms with Crippen molar-refractivity contribution in [2.45, 2.75) is 103 Å². The Labute approximate surface area is 364 Å². The van der Waals surface area contributed by atoms with Gasteiger partial charge in [0.05, 0.1) is 0 Å². The number of hydrogen-bond acceptors (Lipinski definition) is 8. The van der Waals surface area contributed by atoms with Gasteiger partial charge in [-0.3, -0.25) is 19.2 Å². The van der Waals surface area contributed by atoms with Gasteiger partial charge in [0.1, 0.15) is 35.4 Å². The van der Waals surface area contributed by atoms with E-state index in [9.17, 15) is 28.8 Å². The third-order valence-electron chi connectivity index (χ3n) is 9.13. The van der Waals surface area contributed by atoms with E-state index in [0.717, 1.165) is 22.3 Å². The van der Waals surface area contributed by atoms with Crippen molar-refractivity contribution in [3.8, 4) is 0 Å². The number of amides is 6. The minimum Gasteiger partial charge on any atom is -0.444 e. The topological polar surface area (TPSA) is 193 Å². The zero-order valence-corrected chi connectivity index (χ0v) is 36.4. The summed E-state index contributed by atoms with van der Waals surface area (Å²) in [6.07, 6.45) is -0.989. The van der Waals surface area contributed by atoms with Crippen LogP contribution in [0.25, 0.3) is 0 Å². The summed E-state index contributed by atoms with van der Waals surface area (Å²) in [4.78, 5) is 81.0. The SMILES string of the molecule is CC(C)(C)OC(=O)N[C@@H](Cc1ccccc1)C(=O)N[C@@H](Cc1ccccc1)C(=O)NCCNC(=O)[C@H](Cc1ccccc1)NC(=O)[C@H](Cc1ccccc1)NC(=O)OC(C)(C)C. The molecule has 4 aromatic rings. The molecule has 6 N–H and O–H groups in total. The minimum atomic E-state index is -1.07. The monoisotopic (exact) mass is 848 g/mol. The van der Waals surface area contributed by atoms with Gasteiger partial charge >= 0.3 is 12.2 Å². The van der Waals surface area contributed by atoms with Crippen LogP contribution in [0.1, 0.15) is 63.8 Å². The maximum absolute atomic E-state index is 13.9. The molecule has 14 nitrogen and oxygen atoms in total. The first-order valence-corrected chi connectivity index (χ1v) is 20.7. The minimum absolute atomic E-state index is 0.0157. The molecule has 0 heterocycles. The van der Waals surface area contributed by atoms with Crippen LogP contribution in [-0.4, -0.2) is 84.3 Å². The zero-order valence-electron chi connectivity index (χ0n) is 36.4. The summed E-state index contributed by atoms with van der Waals surface area (Å²) in [5.41, 5.74) is 1.53. The van der Waals surface area contributed by atoms with Crippen molar-refractivity contribution in [2.75, 3.05) is 13.1 Å². The van der Waals surface area contributed by atoms with Crippen LogP contribution in [0.4, 0.5) is 9.59 Å². The standard InChI is InChI=1S/C48H60N6O8/c1-47(2,3)61-45(59)53-39(31-35-23-15-9-16-24-35)43(57)51-37(29-33-19-11-7-12-20-33)41(55)49-27-28-50-42(56)38(30-34-21-13-8-14-22-34)52-44(58)40(32-36-25-17-10-18-26-36)54-46(60)62-48(4,5)6/h7-26,37-40H,27-32H2,1-6H3,(H,49,55)(H,50,56)(H,51,57)(H,52,58)(H,53,59)(H,54,60)/t37-,38-,39-,40-/m0/s1. The second-order valence-electron chi connectivity index (χ2n) is 16.9. The molecule has 14 heteroatoms. The Morgan fingerprint density at radius 1 is 0.387 bits per heavy atom. The van der Waals surface area contributed by atoms with Crippen LogP contribution in [0.5, 0.6) is 0 Å². The average Bonchev–Trinajstić information content (AvgIpc) is 3.21. The van der Waals surface area contributed by atoms with Crippen LogP contribution in [0.3, 0.4) is 0 Å². The molecule has 330 valence electrons. The van der Waals surface area contributed by atoms with E-state index in [-0.39, 0.29) is 38.8 Å². The van der Waals surface area contributed by atoms with Crippen LogP contribution in [-0.2, 0) is 54.3 Å². The van der Waals surface area contributed by atoms with Gasteiger partial charge in [-0.25, -0.2) is 9.59 Å². The zero-order chi connectivity index (χ0) is 45.1. The van der Waals surface area contributed by atoms with Crippen molar-refractivity contribution >= 4 is 35.8 Å². The molecule has 0 bridgehead atoms. The summed E-state index contributed by atoms with van der Waals surface area (Å²) in [7, 11) is 0. The van der Waals surface area contributed by atoms with E-state index in [2.05, 4.69) is 31.9 Å². The Morgan fingerprint density at radius 2 is 0.629 bits per heavy atom. The second-order valence-corrected chi connectivity index (χ2v) is 16.9. The molecule has 0 aliphatic rings. The Balaban J connectivity index is 1.45. The fourth-order valence-electron chi connectivity index (χ4n) is 6.30. The highest BCUT2D eigenvalue weighted by Gasteiger charge is 2.31. The van der Waals surface area contributed by atoms with Crippen molar-refractivity contribution in [2.24, 2.45) is 0 Å². The molecule has 0 unspecified atom stereocenters.